The van der Waals surface area contributed by atoms with Gasteiger partial charge in [-0.1, -0.05) is 19.4 Å². The molecule has 8 atom stereocenters. The van der Waals surface area contributed by atoms with E-state index in [1.165, 1.54) is 14.2 Å². The van der Waals surface area contributed by atoms with E-state index in [-0.39, 0.29) is 53.7 Å². The van der Waals surface area contributed by atoms with Gasteiger partial charge in [0.25, 0.3) is 0 Å². The smallest absolute Gasteiger partial charge is 0.309 e. The van der Waals surface area contributed by atoms with Crippen molar-refractivity contribution >= 4 is 17.7 Å². The Morgan fingerprint density at radius 3 is 2.56 bits per heavy atom. The Morgan fingerprint density at radius 2 is 1.91 bits per heavy atom. The van der Waals surface area contributed by atoms with Gasteiger partial charge in [0.2, 0.25) is 0 Å². The molecule has 32 heavy (non-hydrogen) atoms. The van der Waals surface area contributed by atoms with E-state index in [9.17, 15) is 24.6 Å². The summed E-state index contributed by atoms with van der Waals surface area (Å²) in [6.07, 6.45) is 4.58. The van der Waals surface area contributed by atoms with Gasteiger partial charge in [0.15, 0.2) is 5.78 Å². The molecular weight excluding hydrogens is 412 g/mol. The number of hydrogen-bond donors (Lipinski definition) is 2. The lowest BCUT2D eigenvalue weighted by atomic mass is 9.43. The van der Waals surface area contributed by atoms with Gasteiger partial charge in [0.1, 0.15) is 0 Å². The third-order valence-electron chi connectivity index (χ3n) is 9.75. The zero-order valence-electron chi connectivity index (χ0n) is 19.6. The first kappa shape index (κ1) is 23.4. The number of carbonyl (C=O) groups is 3. The molecule has 0 aromatic rings. The fourth-order valence-electron chi connectivity index (χ4n) is 7.98. The lowest BCUT2D eigenvalue weighted by molar-refractivity contribution is -0.194. The van der Waals surface area contributed by atoms with Crippen molar-refractivity contribution in [3.63, 3.8) is 0 Å². The van der Waals surface area contributed by atoms with Crippen molar-refractivity contribution in [3.05, 3.63) is 11.6 Å². The maximum Gasteiger partial charge on any atom is 0.309 e. The number of ketones is 1. The van der Waals surface area contributed by atoms with E-state index in [2.05, 4.69) is 6.92 Å². The van der Waals surface area contributed by atoms with Gasteiger partial charge in [-0.05, 0) is 67.8 Å². The normalized spacial score (nSPS) is 45.2. The topological polar surface area (TPSA) is 110 Å². The maximum atomic E-state index is 13.0. The highest BCUT2D eigenvalue weighted by Crippen LogP contribution is 2.69. The van der Waals surface area contributed by atoms with Gasteiger partial charge in [-0.2, -0.15) is 0 Å². The number of fused-ring (bicyclic) bond motifs is 5. The Labute approximate surface area is 189 Å². The summed E-state index contributed by atoms with van der Waals surface area (Å²) in [6, 6.07) is 0. The van der Waals surface area contributed by atoms with Crippen molar-refractivity contribution in [2.45, 2.75) is 76.9 Å². The average Bonchev–Trinajstić information content (AvgIpc) is 3.01. The van der Waals surface area contributed by atoms with Crippen molar-refractivity contribution in [3.8, 4) is 0 Å². The van der Waals surface area contributed by atoms with Crippen LogP contribution in [0, 0.1) is 34.5 Å². The molecule has 0 heterocycles. The molecule has 0 amide bonds. The second-order valence-electron chi connectivity index (χ2n) is 10.9. The van der Waals surface area contributed by atoms with Crippen LogP contribution in [0.2, 0.25) is 0 Å². The summed E-state index contributed by atoms with van der Waals surface area (Å²) in [6.45, 7) is 4.13. The summed E-state index contributed by atoms with van der Waals surface area (Å²) in [5.41, 5.74) is -1.14. The van der Waals surface area contributed by atoms with Crippen molar-refractivity contribution in [2.75, 3.05) is 14.2 Å². The molecule has 0 spiro atoms. The monoisotopic (exact) mass is 448 g/mol. The molecule has 0 aromatic heterocycles. The van der Waals surface area contributed by atoms with Crippen LogP contribution >= 0.6 is 0 Å². The van der Waals surface area contributed by atoms with E-state index in [0.717, 1.165) is 12.0 Å². The molecule has 7 heteroatoms. The zero-order chi connectivity index (χ0) is 23.5. The average molecular weight is 449 g/mol. The Kier molecular flexibility index (Phi) is 5.82. The third-order valence-corrected chi connectivity index (χ3v) is 9.75. The summed E-state index contributed by atoms with van der Waals surface area (Å²) in [4.78, 5) is 36.9. The summed E-state index contributed by atoms with van der Waals surface area (Å²) in [5, 5.41) is 23.3. The molecule has 0 aliphatic heterocycles. The van der Waals surface area contributed by atoms with Gasteiger partial charge in [0, 0.05) is 18.3 Å². The number of ether oxygens (including phenoxy) is 2. The van der Waals surface area contributed by atoms with E-state index in [0.29, 0.717) is 32.1 Å². The largest absolute Gasteiger partial charge is 0.469 e. The van der Waals surface area contributed by atoms with Crippen LogP contribution in [0.25, 0.3) is 0 Å². The van der Waals surface area contributed by atoms with Gasteiger partial charge in [-0.15, -0.1) is 0 Å². The van der Waals surface area contributed by atoms with Gasteiger partial charge in [-0.25, -0.2) is 0 Å². The first-order chi connectivity index (χ1) is 15.0. The number of aliphatic hydroxyl groups excluding tert-OH is 1. The predicted octanol–water partition coefficient (Wildman–Crippen LogP) is 2.57. The highest BCUT2D eigenvalue weighted by atomic mass is 16.5. The summed E-state index contributed by atoms with van der Waals surface area (Å²) in [7, 11) is 2.72. The number of allylic oxidation sites excluding steroid dienone is 1. The van der Waals surface area contributed by atoms with Crippen LogP contribution in [0.3, 0.4) is 0 Å². The zero-order valence-corrected chi connectivity index (χ0v) is 19.6. The standard InChI is InChI=1S/C25H36O7/c1-23-8-5-15(26)11-14(23)12-16(22(29)32-4)20-17-6-9-25(30,10-7-19(28)31-3)24(17,2)13-18(27)21(20)23/h11,16-18,20-21,27,30H,5-10,12-13H2,1-4H3/t16?,17-,18?,20-,21-,23-,24-,25-/m0/s1. The van der Waals surface area contributed by atoms with E-state index < -0.39 is 23.0 Å². The summed E-state index contributed by atoms with van der Waals surface area (Å²) in [5.74, 6) is -1.38. The van der Waals surface area contributed by atoms with Crippen LogP contribution in [0.15, 0.2) is 11.6 Å². The Bertz CT molecular complexity index is 849. The molecule has 178 valence electrons. The van der Waals surface area contributed by atoms with Crippen LogP contribution in [0.1, 0.15) is 65.2 Å². The quantitative estimate of drug-likeness (QED) is 0.636. The van der Waals surface area contributed by atoms with Gasteiger partial charge < -0.3 is 19.7 Å². The lowest BCUT2D eigenvalue weighted by Gasteiger charge is -2.62. The highest BCUT2D eigenvalue weighted by Gasteiger charge is 2.68. The molecule has 4 aliphatic carbocycles. The molecular formula is C25H36O7. The number of rotatable bonds is 4. The van der Waals surface area contributed by atoms with Crippen molar-refractivity contribution in [1.82, 2.24) is 0 Å². The van der Waals surface area contributed by atoms with Crippen LogP contribution in [-0.2, 0) is 23.9 Å². The van der Waals surface area contributed by atoms with Crippen molar-refractivity contribution < 1.29 is 34.1 Å². The molecule has 4 aliphatic rings. The van der Waals surface area contributed by atoms with Crippen LogP contribution in [0.5, 0.6) is 0 Å². The minimum absolute atomic E-state index is 0.0126. The van der Waals surface area contributed by atoms with Crippen molar-refractivity contribution in [2.24, 2.45) is 34.5 Å². The number of carbonyl (C=O) groups excluding carboxylic acids is 3. The Hall–Kier alpha value is -1.73. The van der Waals surface area contributed by atoms with E-state index in [1.54, 1.807) is 6.08 Å². The molecule has 0 saturated heterocycles. The van der Waals surface area contributed by atoms with Gasteiger partial charge >= 0.3 is 11.9 Å². The summed E-state index contributed by atoms with van der Waals surface area (Å²) >= 11 is 0. The van der Waals surface area contributed by atoms with E-state index in [4.69, 9.17) is 9.47 Å². The number of hydrogen-bond acceptors (Lipinski definition) is 7. The molecule has 2 N–H and O–H groups in total. The lowest BCUT2D eigenvalue weighted by Crippen LogP contribution is -2.62. The Balaban J connectivity index is 1.75. The third kappa shape index (κ3) is 3.26. The van der Waals surface area contributed by atoms with E-state index in [1.807, 2.05) is 6.92 Å². The fourth-order valence-corrected chi connectivity index (χ4v) is 7.98. The molecule has 4 rings (SSSR count). The van der Waals surface area contributed by atoms with Gasteiger partial charge in [0.05, 0.1) is 31.8 Å². The molecule has 3 fully saturated rings. The minimum atomic E-state index is -1.11. The molecule has 3 saturated carbocycles. The SMILES string of the molecule is COC(=O)CC[C@@]1(O)CC[C@H]2[C@@H]3C(C(=O)OC)CC4=CC(=O)CC[C@]4(C)[C@H]3C(O)C[C@@]21C. The molecule has 7 nitrogen and oxygen atoms in total. The van der Waals surface area contributed by atoms with E-state index >= 15 is 0 Å². The minimum Gasteiger partial charge on any atom is -0.469 e. The first-order valence-corrected chi connectivity index (χ1v) is 11.8. The fraction of sp³-hybridized carbons (Fsp3) is 0.800. The summed E-state index contributed by atoms with van der Waals surface area (Å²) < 4.78 is 9.96. The number of aliphatic hydroxyl groups is 2. The molecule has 0 radical (unpaired) electrons. The second kappa shape index (κ2) is 7.94. The molecule has 0 bridgehead atoms. The number of methoxy groups -OCH3 is 2. The van der Waals surface area contributed by atoms with Crippen LogP contribution in [-0.4, -0.2) is 53.9 Å². The number of esters is 2. The van der Waals surface area contributed by atoms with Crippen LogP contribution < -0.4 is 0 Å². The van der Waals surface area contributed by atoms with Gasteiger partial charge in [-0.3, -0.25) is 14.4 Å². The molecule has 2 unspecified atom stereocenters. The second-order valence-corrected chi connectivity index (χ2v) is 10.9. The Morgan fingerprint density at radius 1 is 1.19 bits per heavy atom. The van der Waals surface area contributed by atoms with Crippen LogP contribution in [0.4, 0.5) is 0 Å². The maximum absolute atomic E-state index is 13.0. The first-order valence-electron chi connectivity index (χ1n) is 11.8. The predicted molar refractivity (Wildman–Crippen MR) is 115 cm³/mol. The van der Waals surface area contributed by atoms with Crippen molar-refractivity contribution in [1.29, 1.82) is 0 Å². The highest BCUT2D eigenvalue weighted by molar-refractivity contribution is 5.92. The molecule has 0 aromatic carbocycles.